The van der Waals surface area contributed by atoms with Crippen LogP contribution in [0.15, 0.2) is 46.5 Å². The predicted octanol–water partition coefficient (Wildman–Crippen LogP) is 5.25. The highest BCUT2D eigenvalue weighted by atomic mass is 35.5. The van der Waals surface area contributed by atoms with E-state index in [0.29, 0.717) is 38.4 Å². The zero-order chi connectivity index (χ0) is 30.0. The molecule has 0 aromatic carbocycles. The van der Waals surface area contributed by atoms with Gasteiger partial charge in [-0.25, -0.2) is 9.78 Å². The number of carbonyl (C=O) groups excluding carboxylic acids is 2. The Labute approximate surface area is 246 Å². The van der Waals surface area contributed by atoms with Crippen molar-refractivity contribution in [3.05, 3.63) is 53.6 Å². The summed E-state index contributed by atoms with van der Waals surface area (Å²) in [6, 6.07) is 2.42. The second-order valence-corrected chi connectivity index (χ2v) is 11.4. The number of pyridine rings is 1. The lowest BCUT2D eigenvalue weighted by Gasteiger charge is -2.37. The van der Waals surface area contributed by atoms with Gasteiger partial charge in [-0.2, -0.15) is 18.2 Å². The van der Waals surface area contributed by atoms with Gasteiger partial charge in [-0.05, 0) is 49.8 Å². The molecule has 0 spiro atoms. The molecule has 3 aliphatic rings. The first kappa shape index (κ1) is 29.7. The Morgan fingerprint density at radius 3 is 2.62 bits per heavy atom. The fourth-order valence-corrected chi connectivity index (χ4v) is 5.68. The molecule has 0 radical (unpaired) electrons. The van der Waals surface area contributed by atoms with Crippen molar-refractivity contribution < 1.29 is 27.2 Å². The summed E-state index contributed by atoms with van der Waals surface area (Å²) in [5.74, 6) is -1.14. The number of amides is 3. The van der Waals surface area contributed by atoms with E-state index < -0.39 is 23.5 Å². The molecule has 0 saturated carbocycles. The first-order chi connectivity index (χ1) is 20.0. The van der Waals surface area contributed by atoms with E-state index in [2.05, 4.69) is 20.6 Å². The van der Waals surface area contributed by atoms with E-state index >= 15 is 0 Å². The monoisotopic (exact) mass is 607 g/mol. The van der Waals surface area contributed by atoms with Crippen molar-refractivity contribution in [3.8, 4) is 0 Å². The summed E-state index contributed by atoms with van der Waals surface area (Å²) in [6.45, 7) is 6.42. The first-order valence-corrected chi connectivity index (χ1v) is 14.3. The van der Waals surface area contributed by atoms with Gasteiger partial charge < -0.3 is 29.8 Å². The van der Waals surface area contributed by atoms with E-state index in [1.807, 2.05) is 37.0 Å². The number of hydrogen-bond acceptors (Lipinski definition) is 7. The average Bonchev–Trinajstić information content (AvgIpc) is 3.42. The minimum absolute atomic E-state index is 0.189. The summed E-state index contributed by atoms with van der Waals surface area (Å²) in [7, 11) is 0. The van der Waals surface area contributed by atoms with Crippen molar-refractivity contribution in [3.63, 3.8) is 0 Å². The molecule has 2 aliphatic heterocycles. The van der Waals surface area contributed by atoms with Crippen LogP contribution in [0.1, 0.15) is 49.4 Å². The number of nitrogens with one attached hydrogen (secondary N) is 2. The lowest BCUT2D eigenvalue weighted by Crippen LogP contribution is -2.54. The van der Waals surface area contributed by atoms with Gasteiger partial charge in [0.15, 0.2) is 5.69 Å². The van der Waals surface area contributed by atoms with Gasteiger partial charge in [0.05, 0.1) is 30.0 Å². The Morgan fingerprint density at radius 2 is 1.93 bits per heavy atom. The van der Waals surface area contributed by atoms with Gasteiger partial charge in [-0.1, -0.05) is 25.2 Å². The third-order valence-corrected chi connectivity index (χ3v) is 7.97. The Balaban J connectivity index is 1.23. The van der Waals surface area contributed by atoms with Crippen molar-refractivity contribution >= 4 is 41.1 Å². The molecule has 2 fully saturated rings. The van der Waals surface area contributed by atoms with Gasteiger partial charge in [0.25, 0.3) is 11.9 Å². The second-order valence-electron chi connectivity index (χ2n) is 10.9. The molecule has 2 saturated heterocycles. The van der Waals surface area contributed by atoms with Crippen molar-refractivity contribution in [2.24, 2.45) is 5.92 Å². The van der Waals surface area contributed by atoms with E-state index in [1.54, 1.807) is 15.9 Å². The fraction of sp³-hybridized carbons (Fsp3) is 0.500. The molecule has 42 heavy (non-hydrogen) atoms. The van der Waals surface area contributed by atoms with Crippen LogP contribution >= 0.6 is 11.6 Å². The van der Waals surface area contributed by atoms with Crippen LogP contribution in [0.5, 0.6) is 0 Å². The first-order valence-electron chi connectivity index (χ1n) is 13.9. The van der Waals surface area contributed by atoms with Crippen LogP contribution in [-0.4, -0.2) is 71.1 Å². The van der Waals surface area contributed by atoms with Crippen LogP contribution in [0.2, 0.25) is 0 Å². The van der Waals surface area contributed by atoms with E-state index in [9.17, 15) is 22.8 Å². The van der Waals surface area contributed by atoms with Gasteiger partial charge >= 0.3 is 12.2 Å². The van der Waals surface area contributed by atoms with Gasteiger partial charge in [-0.3, -0.25) is 4.79 Å². The van der Waals surface area contributed by atoms with Crippen LogP contribution in [0.3, 0.4) is 0 Å². The molecule has 3 atom stereocenters. The summed E-state index contributed by atoms with van der Waals surface area (Å²) in [4.78, 5) is 39.1. The normalized spacial score (nSPS) is 23.0. The van der Waals surface area contributed by atoms with Crippen molar-refractivity contribution in [2.75, 3.05) is 48.0 Å². The predicted molar refractivity (Wildman–Crippen MR) is 153 cm³/mol. The number of nitrogens with zero attached hydrogens (tertiary/aromatic N) is 5. The summed E-state index contributed by atoms with van der Waals surface area (Å²) in [5, 5.41) is 5.09. The lowest BCUT2D eigenvalue weighted by atomic mass is 10.0. The van der Waals surface area contributed by atoms with E-state index in [1.165, 1.54) is 12.3 Å². The summed E-state index contributed by atoms with van der Waals surface area (Å²) in [5.41, 5.74) is -0.210. The third kappa shape index (κ3) is 6.66. The number of urea groups is 1. The molecule has 4 heterocycles. The number of carbonyl (C=O) groups is 2. The van der Waals surface area contributed by atoms with E-state index in [4.69, 9.17) is 16.0 Å². The van der Waals surface area contributed by atoms with Crippen molar-refractivity contribution in [1.29, 1.82) is 0 Å². The molecule has 3 amide bonds. The molecule has 3 unspecified atom stereocenters. The van der Waals surface area contributed by atoms with Crippen LogP contribution < -0.4 is 20.4 Å². The molecule has 14 heteroatoms. The summed E-state index contributed by atoms with van der Waals surface area (Å²) < 4.78 is 46.6. The zero-order valence-corrected chi connectivity index (χ0v) is 24.1. The average molecular weight is 608 g/mol. The lowest BCUT2D eigenvalue weighted by molar-refractivity contribution is -0.141. The van der Waals surface area contributed by atoms with Crippen LogP contribution in [0, 0.1) is 5.92 Å². The topological polar surface area (TPSA) is 107 Å². The maximum absolute atomic E-state index is 13.7. The number of alkyl halides is 4. The van der Waals surface area contributed by atoms with Gasteiger partial charge in [0, 0.05) is 26.2 Å². The number of allylic oxidation sites excluding steroid dienone is 2. The molecule has 1 aliphatic carbocycles. The largest absolute Gasteiger partial charge is 0.437 e. The van der Waals surface area contributed by atoms with Gasteiger partial charge in [-0.15, -0.1) is 11.6 Å². The zero-order valence-electron chi connectivity index (χ0n) is 23.3. The quantitative estimate of drug-likeness (QED) is 0.447. The van der Waals surface area contributed by atoms with Crippen LogP contribution in [-0.2, 0) is 6.18 Å². The number of oxazole rings is 1. The van der Waals surface area contributed by atoms with Crippen LogP contribution in [0.25, 0.3) is 0 Å². The van der Waals surface area contributed by atoms with E-state index in [-0.39, 0.29) is 41.7 Å². The van der Waals surface area contributed by atoms with Gasteiger partial charge in [0.1, 0.15) is 5.82 Å². The second kappa shape index (κ2) is 12.2. The Kier molecular flexibility index (Phi) is 8.67. The summed E-state index contributed by atoms with van der Waals surface area (Å²) in [6.07, 6.45) is 4.56. The van der Waals surface area contributed by atoms with Gasteiger partial charge in [0.2, 0.25) is 5.76 Å². The third-order valence-electron chi connectivity index (χ3n) is 7.57. The number of halogens is 4. The van der Waals surface area contributed by atoms with Crippen molar-refractivity contribution in [2.45, 2.75) is 50.7 Å². The highest BCUT2D eigenvalue weighted by Gasteiger charge is 2.42. The SMILES string of the molecule is CC1=CC=CC(Cl)C1NC(=O)N1CCCN(c2ccc(NC(=O)c3oc(N4CCCC(C)C4)nc3C(F)(F)F)cn2)C1. The van der Waals surface area contributed by atoms with E-state index in [0.717, 1.165) is 18.4 Å². The number of aromatic nitrogens is 2. The number of piperidine rings is 1. The molecule has 2 N–H and O–H groups in total. The molecule has 0 bridgehead atoms. The van der Waals surface area contributed by atoms with Crippen LogP contribution in [0.4, 0.5) is 35.5 Å². The fourth-order valence-electron chi connectivity index (χ4n) is 5.34. The Bertz CT molecular complexity index is 1360. The molecule has 2 aromatic heterocycles. The number of rotatable bonds is 5. The summed E-state index contributed by atoms with van der Waals surface area (Å²) >= 11 is 6.37. The molecular formula is C28H33ClF3N7O3. The molecular weight excluding hydrogens is 575 g/mol. The number of anilines is 3. The molecule has 226 valence electrons. The molecule has 2 aromatic rings. The Morgan fingerprint density at radius 1 is 1.14 bits per heavy atom. The minimum Gasteiger partial charge on any atom is -0.417 e. The van der Waals surface area contributed by atoms with Crippen molar-refractivity contribution in [1.82, 2.24) is 20.2 Å². The minimum atomic E-state index is -4.86. The molecule has 10 nitrogen and oxygen atoms in total. The standard InChI is InChI=1S/C28H33ClF3N7O3/c1-17-6-4-11-37(15-17)27-36-24(28(30,31)32)23(42-27)25(40)34-19-9-10-21(33-14-19)38-12-5-13-39(16-38)26(41)35-22-18(2)7-3-8-20(22)29/h3,7-10,14,17,20,22H,4-6,11-13,15-16H2,1-2H3,(H,34,40)(H,35,41). The highest BCUT2D eigenvalue weighted by Crippen LogP contribution is 2.35. The number of hydrogen-bond donors (Lipinski definition) is 2. The Hall–Kier alpha value is -3.74. The molecule has 5 rings (SSSR count). The maximum Gasteiger partial charge on any atom is 0.437 e. The highest BCUT2D eigenvalue weighted by molar-refractivity contribution is 6.22. The smallest absolute Gasteiger partial charge is 0.417 e. The maximum atomic E-state index is 13.7.